The smallest absolute Gasteiger partial charge is 0.0175 e. The first-order chi connectivity index (χ1) is 8.83. The van der Waals surface area contributed by atoms with E-state index < -0.39 is 0 Å². The lowest BCUT2D eigenvalue weighted by Crippen LogP contribution is -2.14. The zero-order valence-electron chi connectivity index (χ0n) is 10.9. The monoisotopic (exact) mass is 304 g/mol. The second kappa shape index (κ2) is 5.61. The van der Waals surface area contributed by atoms with Crippen molar-refractivity contribution in [2.24, 2.45) is 11.8 Å². The van der Waals surface area contributed by atoms with Crippen molar-refractivity contribution in [1.29, 1.82) is 0 Å². The third-order valence-electron chi connectivity index (χ3n) is 4.73. The van der Waals surface area contributed by atoms with Crippen LogP contribution >= 0.6 is 15.9 Å². The maximum Gasteiger partial charge on any atom is 0.0175 e. The van der Waals surface area contributed by atoms with Gasteiger partial charge in [0.1, 0.15) is 0 Å². The lowest BCUT2D eigenvalue weighted by atomic mass is 9.78. The van der Waals surface area contributed by atoms with E-state index in [4.69, 9.17) is 0 Å². The Labute approximate surface area is 119 Å². The molecular formula is C17H21Br. The van der Waals surface area contributed by atoms with Gasteiger partial charge in [0.15, 0.2) is 0 Å². The van der Waals surface area contributed by atoms with E-state index in [0.29, 0.717) is 0 Å². The summed E-state index contributed by atoms with van der Waals surface area (Å²) in [4.78, 5) is 0. The lowest BCUT2D eigenvalue weighted by Gasteiger charge is -2.27. The Morgan fingerprint density at radius 2 is 1.61 bits per heavy atom. The van der Waals surface area contributed by atoms with Gasteiger partial charge in [-0.15, -0.1) is 0 Å². The van der Waals surface area contributed by atoms with Crippen molar-refractivity contribution in [2.45, 2.75) is 44.9 Å². The zero-order valence-corrected chi connectivity index (χ0v) is 12.5. The highest BCUT2D eigenvalue weighted by molar-refractivity contribution is 9.10. The summed E-state index contributed by atoms with van der Waals surface area (Å²) in [6.07, 6.45) is 12.5. The van der Waals surface area contributed by atoms with Gasteiger partial charge in [0, 0.05) is 4.47 Å². The van der Waals surface area contributed by atoms with E-state index in [1.165, 1.54) is 55.0 Å². The molecule has 1 aromatic rings. The molecule has 96 valence electrons. The van der Waals surface area contributed by atoms with Crippen LogP contribution in [0.25, 0.3) is 5.57 Å². The van der Waals surface area contributed by atoms with Crippen LogP contribution in [0.15, 0.2) is 34.8 Å². The van der Waals surface area contributed by atoms with Crippen molar-refractivity contribution in [3.8, 4) is 0 Å². The fraction of sp³-hybridized carbons (Fsp3) is 0.529. The van der Waals surface area contributed by atoms with Crippen LogP contribution < -0.4 is 0 Å². The van der Waals surface area contributed by atoms with Crippen LogP contribution in [0.3, 0.4) is 0 Å². The predicted molar refractivity (Wildman–Crippen MR) is 81.4 cm³/mol. The van der Waals surface area contributed by atoms with Gasteiger partial charge in [0.05, 0.1) is 0 Å². The van der Waals surface area contributed by atoms with Gasteiger partial charge in [-0.05, 0) is 54.4 Å². The number of rotatable bonds is 2. The van der Waals surface area contributed by atoms with Crippen LogP contribution in [0, 0.1) is 11.8 Å². The summed E-state index contributed by atoms with van der Waals surface area (Å²) in [6.45, 7) is 0. The second-order valence-electron chi connectivity index (χ2n) is 5.82. The maximum absolute atomic E-state index is 3.50. The fourth-order valence-corrected chi connectivity index (χ4v) is 3.90. The predicted octanol–water partition coefficient (Wildman–Crippen LogP) is 5.82. The van der Waals surface area contributed by atoms with Crippen molar-refractivity contribution in [2.75, 3.05) is 0 Å². The molecule has 1 aromatic carbocycles. The van der Waals surface area contributed by atoms with Crippen LogP contribution in [0.5, 0.6) is 0 Å². The molecule has 0 amide bonds. The maximum atomic E-state index is 3.50. The summed E-state index contributed by atoms with van der Waals surface area (Å²) in [5, 5.41) is 0. The van der Waals surface area contributed by atoms with E-state index in [2.05, 4.69) is 46.3 Å². The van der Waals surface area contributed by atoms with Gasteiger partial charge < -0.3 is 0 Å². The third kappa shape index (κ3) is 2.71. The highest BCUT2D eigenvalue weighted by Crippen LogP contribution is 2.40. The van der Waals surface area contributed by atoms with Crippen molar-refractivity contribution in [3.05, 3.63) is 40.4 Å². The number of benzene rings is 1. The largest absolute Gasteiger partial charge is 0.0804 e. The van der Waals surface area contributed by atoms with E-state index in [0.717, 1.165) is 11.8 Å². The molecular weight excluding hydrogens is 284 g/mol. The van der Waals surface area contributed by atoms with E-state index >= 15 is 0 Å². The Bertz CT molecular complexity index is 423. The molecule has 1 unspecified atom stereocenters. The summed E-state index contributed by atoms with van der Waals surface area (Å²) in [5.41, 5.74) is 2.99. The molecule has 0 N–H and O–H groups in total. The van der Waals surface area contributed by atoms with Gasteiger partial charge in [0.25, 0.3) is 0 Å². The minimum absolute atomic E-state index is 0.978. The van der Waals surface area contributed by atoms with Crippen LogP contribution in [0.1, 0.15) is 50.5 Å². The molecule has 0 nitrogen and oxygen atoms in total. The first kappa shape index (κ1) is 12.5. The van der Waals surface area contributed by atoms with E-state index in [1.807, 2.05) is 0 Å². The molecule has 18 heavy (non-hydrogen) atoms. The average Bonchev–Trinajstić information content (AvgIpc) is 2.94. The van der Waals surface area contributed by atoms with Gasteiger partial charge in [-0.1, -0.05) is 59.8 Å². The summed E-state index contributed by atoms with van der Waals surface area (Å²) in [5.74, 6) is 2.01. The Hall–Kier alpha value is -0.560. The van der Waals surface area contributed by atoms with Crippen LogP contribution in [-0.4, -0.2) is 0 Å². The second-order valence-corrected chi connectivity index (χ2v) is 6.73. The van der Waals surface area contributed by atoms with Gasteiger partial charge in [-0.3, -0.25) is 0 Å². The minimum atomic E-state index is 0.978. The summed E-state index contributed by atoms with van der Waals surface area (Å²) >= 11 is 3.50. The van der Waals surface area contributed by atoms with Crippen LogP contribution in [0.2, 0.25) is 0 Å². The fourth-order valence-electron chi connectivity index (χ4n) is 3.64. The zero-order chi connectivity index (χ0) is 12.4. The first-order valence-electron chi connectivity index (χ1n) is 7.28. The van der Waals surface area contributed by atoms with E-state index in [9.17, 15) is 0 Å². The number of halogens is 1. The SMILES string of the molecule is Brc1ccc(C2=CCC(C3CCCC3)CC2)cc1. The molecule has 1 fully saturated rings. The molecule has 1 atom stereocenters. The average molecular weight is 305 g/mol. The van der Waals surface area contributed by atoms with Crippen molar-refractivity contribution < 1.29 is 0 Å². The topological polar surface area (TPSA) is 0 Å². The molecule has 3 rings (SSSR count). The van der Waals surface area contributed by atoms with Crippen molar-refractivity contribution >= 4 is 21.5 Å². The summed E-state index contributed by atoms with van der Waals surface area (Å²) in [7, 11) is 0. The van der Waals surface area contributed by atoms with Gasteiger partial charge >= 0.3 is 0 Å². The molecule has 0 aromatic heterocycles. The number of allylic oxidation sites excluding steroid dienone is 2. The van der Waals surface area contributed by atoms with Crippen LogP contribution in [-0.2, 0) is 0 Å². The van der Waals surface area contributed by atoms with Crippen LogP contribution in [0.4, 0.5) is 0 Å². The van der Waals surface area contributed by atoms with Gasteiger partial charge in [0.2, 0.25) is 0 Å². The third-order valence-corrected chi connectivity index (χ3v) is 5.26. The van der Waals surface area contributed by atoms with E-state index in [-0.39, 0.29) is 0 Å². The van der Waals surface area contributed by atoms with Crippen molar-refractivity contribution in [3.63, 3.8) is 0 Å². The molecule has 0 aliphatic heterocycles. The minimum Gasteiger partial charge on any atom is -0.0804 e. The lowest BCUT2D eigenvalue weighted by molar-refractivity contribution is 0.318. The summed E-state index contributed by atoms with van der Waals surface area (Å²) in [6, 6.07) is 8.79. The first-order valence-corrected chi connectivity index (χ1v) is 8.07. The molecule has 1 saturated carbocycles. The molecule has 0 heterocycles. The Morgan fingerprint density at radius 1 is 0.889 bits per heavy atom. The molecule has 0 bridgehead atoms. The normalized spacial score (nSPS) is 25.2. The highest BCUT2D eigenvalue weighted by atomic mass is 79.9. The summed E-state index contributed by atoms with van der Waals surface area (Å²) < 4.78 is 1.17. The molecule has 1 heteroatoms. The Morgan fingerprint density at radius 3 is 2.22 bits per heavy atom. The molecule has 0 saturated heterocycles. The molecule has 0 spiro atoms. The highest BCUT2D eigenvalue weighted by Gasteiger charge is 2.26. The molecule has 0 radical (unpaired) electrons. The Kier molecular flexibility index (Phi) is 3.88. The number of hydrogen-bond acceptors (Lipinski definition) is 0. The van der Waals surface area contributed by atoms with Gasteiger partial charge in [-0.2, -0.15) is 0 Å². The molecule has 2 aliphatic carbocycles. The van der Waals surface area contributed by atoms with Crippen molar-refractivity contribution in [1.82, 2.24) is 0 Å². The Balaban J connectivity index is 1.67. The number of hydrogen-bond donors (Lipinski definition) is 0. The molecule has 2 aliphatic rings. The van der Waals surface area contributed by atoms with Gasteiger partial charge in [-0.25, -0.2) is 0 Å². The quantitative estimate of drug-likeness (QED) is 0.645. The standard InChI is InChI=1S/C17H21Br/c18-17-11-9-16(10-12-17)15-7-5-14(6-8-15)13-3-1-2-4-13/h7,9-14H,1-6,8H2. The van der Waals surface area contributed by atoms with E-state index in [1.54, 1.807) is 5.57 Å².